The molecule has 4 rings (SSSR count). The van der Waals surface area contributed by atoms with Gasteiger partial charge in [-0.05, 0) is 6.42 Å². The second-order valence-electron chi connectivity index (χ2n) is 5.35. The van der Waals surface area contributed by atoms with Crippen LogP contribution in [0.3, 0.4) is 0 Å². The smallest absolute Gasteiger partial charge is 0.171 e. The minimum atomic E-state index is -0.244. The molecule has 0 spiro atoms. The van der Waals surface area contributed by atoms with Crippen molar-refractivity contribution in [2.75, 3.05) is 7.11 Å². The molecule has 4 nitrogen and oxygen atoms in total. The van der Waals surface area contributed by atoms with E-state index in [9.17, 15) is 14.7 Å². The average Bonchev–Trinajstić information content (AvgIpc) is 3.26. The average molecular weight is 268 g/mol. The van der Waals surface area contributed by atoms with Crippen molar-refractivity contribution in [3.8, 4) is 11.5 Å². The predicted molar refractivity (Wildman–Crippen MR) is 72.4 cm³/mol. The van der Waals surface area contributed by atoms with Crippen LogP contribution in [0.15, 0.2) is 24.3 Å². The van der Waals surface area contributed by atoms with Crippen molar-refractivity contribution in [2.45, 2.75) is 6.42 Å². The van der Waals surface area contributed by atoms with E-state index < -0.39 is 0 Å². The van der Waals surface area contributed by atoms with Crippen molar-refractivity contribution >= 4 is 22.3 Å². The highest BCUT2D eigenvalue weighted by molar-refractivity contribution is 6.24. The number of hydrogen-bond donors (Lipinski definition) is 1. The molecule has 0 radical (unpaired) electrons. The van der Waals surface area contributed by atoms with Crippen molar-refractivity contribution in [3.05, 3.63) is 35.4 Å². The van der Waals surface area contributed by atoms with E-state index in [1.165, 1.54) is 7.11 Å². The normalized spacial score (nSPS) is 23.4. The van der Waals surface area contributed by atoms with Crippen molar-refractivity contribution in [1.29, 1.82) is 0 Å². The molecule has 2 unspecified atom stereocenters. The fourth-order valence-electron chi connectivity index (χ4n) is 3.22. The molecular formula is C16H12O4. The van der Waals surface area contributed by atoms with Gasteiger partial charge in [0.2, 0.25) is 0 Å². The first kappa shape index (κ1) is 11.5. The molecular weight excluding hydrogens is 256 g/mol. The van der Waals surface area contributed by atoms with E-state index in [2.05, 4.69) is 0 Å². The van der Waals surface area contributed by atoms with Crippen molar-refractivity contribution < 1.29 is 19.4 Å². The summed E-state index contributed by atoms with van der Waals surface area (Å²) in [7, 11) is 1.48. The van der Waals surface area contributed by atoms with Gasteiger partial charge in [-0.25, -0.2) is 0 Å². The summed E-state index contributed by atoms with van der Waals surface area (Å²) >= 11 is 0. The lowest BCUT2D eigenvalue weighted by molar-refractivity contribution is 0.0873. The fourth-order valence-corrected chi connectivity index (χ4v) is 3.22. The van der Waals surface area contributed by atoms with Gasteiger partial charge >= 0.3 is 0 Å². The maximum absolute atomic E-state index is 12.4. The molecule has 1 N–H and O–H groups in total. The highest BCUT2D eigenvalue weighted by Crippen LogP contribution is 2.53. The molecule has 0 aromatic heterocycles. The Labute approximate surface area is 115 Å². The SMILES string of the molecule is COc1c2c(c(O)c3ccccc13)C(=O)C1CC1C2=O. The van der Waals surface area contributed by atoms with Crippen molar-refractivity contribution in [3.63, 3.8) is 0 Å². The van der Waals surface area contributed by atoms with Gasteiger partial charge in [0.1, 0.15) is 11.5 Å². The van der Waals surface area contributed by atoms with Crippen LogP contribution in [-0.2, 0) is 0 Å². The minimum Gasteiger partial charge on any atom is -0.507 e. The number of fused-ring (bicyclic) bond motifs is 3. The van der Waals surface area contributed by atoms with Gasteiger partial charge in [-0.3, -0.25) is 9.59 Å². The lowest BCUT2D eigenvalue weighted by Gasteiger charge is -2.20. The monoisotopic (exact) mass is 268 g/mol. The number of phenols is 1. The van der Waals surface area contributed by atoms with Crippen molar-refractivity contribution in [2.24, 2.45) is 11.8 Å². The molecule has 0 heterocycles. The van der Waals surface area contributed by atoms with Crippen LogP contribution in [0.4, 0.5) is 0 Å². The summed E-state index contributed by atoms with van der Waals surface area (Å²) in [4.78, 5) is 24.8. The number of methoxy groups -OCH3 is 1. The van der Waals surface area contributed by atoms with Gasteiger partial charge in [0.05, 0.1) is 18.2 Å². The summed E-state index contributed by atoms with van der Waals surface area (Å²) in [6.45, 7) is 0. The Hall–Kier alpha value is -2.36. The molecule has 1 saturated carbocycles. The lowest BCUT2D eigenvalue weighted by atomic mass is 9.85. The van der Waals surface area contributed by atoms with E-state index >= 15 is 0 Å². The largest absolute Gasteiger partial charge is 0.507 e. The third-order valence-corrected chi connectivity index (χ3v) is 4.30. The highest BCUT2D eigenvalue weighted by Gasteiger charge is 2.55. The summed E-state index contributed by atoms with van der Waals surface area (Å²) < 4.78 is 5.38. The number of Topliss-reactive ketones (excluding diaryl/α,β-unsaturated/α-hetero) is 2. The van der Waals surface area contributed by atoms with Gasteiger partial charge in [0.15, 0.2) is 11.6 Å². The second kappa shape index (κ2) is 3.60. The quantitative estimate of drug-likeness (QED) is 0.863. The number of ether oxygens (including phenoxy) is 1. The van der Waals surface area contributed by atoms with E-state index in [-0.39, 0.29) is 40.3 Å². The van der Waals surface area contributed by atoms with Gasteiger partial charge in [-0.1, -0.05) is 24.3 Å². The first-order valence-electron chi connectivity index (χ1n) is 6.55. The number of ketones is 2. The predicted octanol–water partition coefficient (Wildman–Crippen LogP) is 2.57. The molecule has 1 fully saturated rings. The minimum absolute atomic E-state index is 0.0810. The van der Waals surface area contributed by atoms with Gasteiger partial charge in [-0.2, -0.15) is 0 Å². The first-order valence-corrected chi connectivity index (χ1v) is 6.55. The molecule has 0 amide bonds. The van der Waals surface area contributed by atoms with Crippen LogP contribution >= 0.6 is 0 Å². The van der Waals surface area contributed by atoms with E-state index in [0.29, 0.717) is 22.9 Å². The van der Waals surface area contributed by atoms with E-state index in [1.54, 1.807) is 18.2 Å². The van der Waals surface area contributed by atoms with Crippen LogP contribution in [0, 0.1) is 11.8 Å². The Morgan fingerprint density at radius 2 is 1.65 bits per heavy atom. The van der Waals surface area contributed by atoms with E-state index in [4.69, 9.17) is 4.74 Å². The summed E-state index contributed by atoms with van der Waals surface area (Å²) in [5, 5.41) is 11.6. The summed E-state index contributed by atoms with van der Waals surface area (Å²) in [6, 6.07) is 7.10. The molecule has 0 saturated heterocycles. The molecule has 2 aromatic carbocycles. The molecule has 0 bridgehead atoms. The van der Waals surface area contributed by atoms with Crippen LogP contribution in [0.1, 0.15) is 27.1 Å². The fraction of sp³-hybridized carbons (Fsp3) is 0.250. The standard InChI is InChI=1S/C16H12O4/c1-20-16-8-5-3-2-4-7(8)13(17)11-12(16)15(19)10-6-9(10)14(11)18/h2-5,9-10,17H,6H2,1H3. The highest BCUT2D eigenvalue weighted by atomic mass is 16.5. The number of rotatable bonds is 1. The molecule has 2 aliphatic rings. The van der Waals surface area contributed by atoms with Gasteiger partial charge in [-0.15, -0.1) is 0 Å². The number of aromatic hydroxyl groups is 1. The van der Waals surface area contributed by atoms with Gasteiger partial charge < -0.3 is 9.84 Å². The maximum Gasteiger partial charge on any atom is 0.171 e. The Bertz CT molecular complexity index is 791. The van der Waals surface area contributed by atoms with E-state index in [1.807, 2.05) is 6.07 Å². The first-order chi connectivity index (χ1) is 9.65. The zero-order chi connectivity index (χ0) is 14.0. The van der Waals surface area contributed by atoms with Gasteiger partial charge in [0, 0.05) is 22.6 Å². The zero-order valence-electron chi connectivity index (χ0n) is 10.8. The third kappa shape index (κ3) is 1.21. The lowest BCUT2D eigenvalue weighted by Crippen LogP contribution is -2.21. The zero-order valence-corrected chi connectivity index (χ0v) is 10.8. The number of phenolic OH excluding ortho intramolecular Hbond substituents is 1. The number of carbonyl (C=O) groups is 2. The Morgan fingerprint density at radius 1 is 1.05 bits per heavy atom. The Kier molecular flexibility index (Phi) is 2.06. The molecule has 0 aliphatic heterocycles. The number of hydrogen-bond acceptors (Lipinski definition) is 4. The molecule has 2 aromatic rings. The Morgan fingerprint density at radius 3 is 2.30 bits per heavy atom. The van der Waals surface area contributed by atoms with Gasteiger partial charge in [0.25, 0.3) is 0 Å². The molecule has 4 heteroatoms. The van der Waals surface area contributed by atoms with E-state index in [0.717, 1.165) is 0 Å². The molecule has 2 atom stereocenters. The second-order valence-corrected chi connectivity index (χ2v) is 5.35. The van der Waals surface area contributed by atoms with Crippen molar-refractivity contribution in [1.82, 2.24) is 0 Å². The summed E-state index contributed by atoms with van der Waals surface area (Å²) in [6.07, 6.45) is 0.589. The molecule has 100 valence electrons. The maximum atomic E-state index is 12.4. The Balaban J connectivity index is 2.19. The molecule has 20 heavy (non-hydrogen) atoms. The third-order valence-electron chi connectivity index (χ3n) is 4.30. The number of carbonyl (C=O) groups excluding carboxylic acids is 2. The van der Waals surface area contributed by atoms with Crippen LogP contribution in [-0.4, -0.2) is 23.8 Å². The van der Waals surface area contributed by atoms with Crippen LogP contribution in [0.2, 0.25) is 0 Å². The summed E-state index contributed by atoms with van der Waals surface area (Å²) in [5.41, 5.74) is 0.400. The molecule has 2 aliphatic carbocycles. The van der Waals surface area contributed by atoms with Crippen LogP contribution in [0.5, 0.6) is 11.5 Å². The number of benzene rings is 2. The van der Waals surface area contributed by atoms with Crippen LogP contribution in [0.25, 0.3) is 10.8 Å². The topological polar surface area (TPSA) is 63.6 Å². The summed E-state index contributed by atoms with van der Waals surface area (Å²) in [5.74, 6) is -0.373. The van der Waals surface area contributed by atoms with Crippen LogP contribution < -0.4 is 4.74 Å².